The first-order valence-electron chi connectivity index (χ1n) is 21.3. The van der Waals surface area contributed by atoms with Crippen LogP contribution in [0.3, 0.4) is 0 Å². The lowest BCUT2D eigenvalue weighted by Gasteiger charge is -2.39. The molecule has 13 nitrogen and oxygen atoms in total. The van der Waals surface area contributed by atoms with Gasteiger partial charge in [0.1, 0.15) is 43.0 Å². The van der Waals surface area contributed by atoms with Crippen molar-refractivity contribution in [3.63, 3.8) is 0 Å². The van der Waals surface area contributed by atoms with Crippen LogP contribution >= 0.6 is 32.2 Å². The summed E-state index contributed by atoms with van der Waals surface area (Å²) in [5, 5.41) is 8.30. The monoisotopic (exact) mass is 1040 g/mol. The molecular formula is C42H82N2O11P4S4-2. The summed E-state index contributed by atoms with van der Waals surface area (Å²) in [5.74, 6) is 1.27. The average molecular weight is 1040 g/mol. The number of nitrogens with zero attached hydrogens (tertiary/aromatic N) is 2. The second-order valence-electron chi connectivity index (χ2n) is 16.2. The first-order valence-corrected chi connectivity index (χ1v) is 30.9. The first-order chi connectivity index (χ1) is 28.8. The van der Waals surface area contributed by atoms with Gasteiger partial charge in [0.25, 0.3) is 0 Å². The zero-order valence-electron chi connectivity index (χ0n) is 41.2. The van der Waals surface area contributed by atoms with Gasteiger partial charge < -0.3 is 31.5 Å². The number of Topliss-reactive ketones (excluding diaryl/α,β-unsaturated/α-hetero) is 6. The summed E-state index contributed by atoms with van der Waals surface area (Å²) in [4.78, 5) is 64.9. The summed E-state index contributed by atoms with van der Waals surface area (Å²) in [7, 11) is 0.533. The highest BCUT2D eigenvalue weighted by atomic mass is 32.9. The molecule has 0 radical (unpaired) electrons. The van der Waals surface area contributed by atoms with E-state index in [4.69, 9.17) is 34.0 Å². The van der Waals surface area contributed by atoms with Gasteiger partial charge >= 0.3 is 7.82 Å². The third kappa shape index (κ3) is 49.4. The molecule has 0 heterocycles. The van der Waals surface area contributed by atoms with E-state index < -0.39 is 33.7 Å². The minimum Gasteiger partial charge on any atom is -0.383 e. The molecule has 0 saturated heterocycles. The average Bonchev–Trinajstić information content (AvgIpc) is 3.12. The Balaban J connectivity index is -0.000000225. The summed E-state index contributed by atoms with van der Waals surface area (Å²) < 4.78 is 35.1. The predicted octanol–water partition coefficient (Wildman–Crippen LogP) is 11.6. The Bertz CT molecular complexity index is 1520. The van der Waals surface area contributed by atoms with Gasteiger partial charge in [-0.15, -0.1) is 0 Å². The summed E-state index contributed by atoms with van der Waals surface area (Å²) in [6.45, 7) is 34.1. The number of phosphoric acid groups is 1. The first kappa shape index (κ1) is 71.7. The molecule has 0 rings (SSSR count). The highest BCUT2D eigenvalue weighted by Gasteiger charge is 2.27. The summed E-state index contributed by atoms with van der Waals surface area (Å²) >= 11 is 9.50. The molecule has 2 atom stereocenters. The Labute approximate surface area is 401 Å². The van der Waals surface area contributed by atoms with Crippen molar-refractivity contribution in [2.45, 2.75) is 193 Å². The van der Waals surface area contributed by atoms with Crippen molar-refractivity contribution >= 4 is 107 Å². The number of rotatable bonds is 28. The molecule has 0 saturated carbocycles. The van der Waals surface area contributed by atoms with Crippen molar-refractivity contribution in [3.8, 4) is 6.07 Å². The number of carbonyl (C=O) groups excluding carboxylic acids is 6. The van der Waals surface area contributed by atoms with Crippen molar-refractivity contribution in [1.29, 1.82) is 5.26 Å². The molecular weight excluding hydrogens is 961 g/mol. The number of ketones is 6. The molecule has 372 valence electrons. The van der Waals surface area contributed by atoms with Crippen molar-refractivity contribution in [2.75, 3.05) is 19.0 Å². The van der Waals surface area contributed by atoms with Crippen LogP contribution in [0.5, 0.6) is 0 Å². The van der Waals surface area contributed by atoms with Crippen LogP contribution in [0.1, 0.15) is 169 Å². The second kappa shape index (κ2) is 43.0. The van der Waals surface area contributed by atoms with Gasteiger partial charge in [-0.3, -0.25) is 56.2 Å². The Morgan fingerprint density at radius 2 is 1.10 bits per heavy atom. The smallest absolute Gasteiger partial charge is 0.383 e. The third-order valence-electron chi connectivity index (χ3n) is 7.44. The van der Waals surface area contributed by atoms with Gasteiger partial charge in [0.2, 0.25) is 0 Å². The molecule has 2 unspecified atom stereocenters. The van der Waals surface area contributed by atoms with Crippen molar-refractivity contribution in [2.24, 2.45) is 17.8 Å². The second-order valence-corrected chi connectivity index (χ2v) is 28.5. The number of nitriles is 1. The van der Waals surface area contributed by atoms with E-state index in [9.17, 15) is 33.3 Å². The van der Waals surface area contributed by atoms with Crippen LogP contribution in [0, 0.1) is 29.1 Å². The van der Waals surface area contributed by atoms with Crippen LogP contribution in [0.25, 0.3) is 0 Å². The van der Waals surface area contributed by atoms with E-state index in [-0.39, 0.29) is 71.6 Å². The molecule has 0 bridgehead atoms. The van der Waals surface area contributed by atoms with Crippen molar-refractivity contribution in [3.05, 3.63) is 0 Å². The predicted molar refractivity (Wildman–Crippen MR) is 276 cm³/mol. The van der Waals surface area contributed by atoms with E-state index in [2.05, 4.69) is 80.4 Å². The highest BCUT2D eigenvalue weighted by Crippen LogP contribution is 2.51. The lowest BCUT2D eigenvalue weighted by molar-refractivity contribution is -0.125. The minimum atomic E-state index is -3.65. The largest absolute Gasteiger partial charge is 0.456 e. The van der Waals surface area contributed by atoms with Gasteiger partial charge in [0.05, 0.1) is 31.8 Å². The minimum absolute atomic E-state index is 0.0146. The fourth-order valence-corrected chi connectivity index (χ4v) is 11.2. The number of hydrogen-bond acceptors (Lipinski definition) is 17. The quantitative estimate of drug-likeness (QED) is 0.0409. The standard InChI is InChI=1S/C12H28NOP.C8H14O2PS2.2C8H14O2.C6H12NO4P2S2/c1-8-9-14-15(12(6)7)13(10(2)3)11(4)5;1-6(2)8(10)4-3-7(9)5-13(11)12;2*1-6(2)8(10)5-4-7(3)9;1-6(2)10-13(8,11-15(12)14)9-5-3-4-7/h10-12H,8-9H2,1-7H3;6,11H,3-5H2,1-2H3;2*6H,4-5H2,1-3H3;6,12H,3,5H2,1-2H3/q;-1;;;-1. The van der Waals surface area contributed by atoms with E-state index in [1.165, 1.54) is 13.8 Å². The van der Waals surface area contributed by atoms with Crippen LogP contribution in [-0.4, -0.2) is 82.2 Å². The van der Waals surface area contributed by atoms with E-state index in [0.29, 0.717) is 62.0 Å². The maximum absolute atomic E-state index is 11.8. The van der Waals surface area contributed by atoms with Gasteiger partial charge in [0.15, 0.2) is 0 Å². The molecule has 0 fully saturated rings. The molecule has 0 aliphatic carbocycles. The molecule has 0 aromatic rings. The van der Waals surface area contributed by atoms with Crippen LogP contribution in [0.4, 0.5) is 0 Å². The molecule has 0 amide bonds. The van der Waals surface area contributed by atoms with E-state index in [0.717, 1.165) is 13.0 Å². The maximum atomic E-state index is 11.8. The summed E-state index contributed by atoms with van der Waals surface area (Å²) in [6, 6.07) is 2.98. The van der Waals surface area contributed by atoms with Crippen LogP contribution < -0.4 is 0 Å². The molecule has 21 heteroatoms. The number of phosphoric ester groups is 1. The Kier molecular flexibility index (Phi) is 49.0. The molecule has 63 heavy (non-hydrogen) atoms. The fraction of sp³-hybridized carbons (Fsp3) is 0.833. The van der Waals surface area contributed by atoms with Gasteiger partial charge in [-0.25, -0.2) is 23.8 Å². The van der Waals surface area contributed by atoms with Crippen molar-refractivity contribution < 1.29 is 50.9 Å². The molecule has 0 aromatic heterocycles. The van der Waals surface area contributed by atoms with Crippen LogP contribution in [0.2, 0.25) is 0 Å². The summed E-state index contributed by atoms with van der Waals surface area (Å²) in [6.07, 6.45) is 3.21. The fourth-order valence-electron chi connectivity index (χ4n) is 4.28. The molecule has 0 aliphatic rings. The zero-order chi connectivity index (χ0) is 50.6. The van der Waals surface area contributed by atoms with Gasteiger partial charge in [-0.1, -0.05) is 68.1 Å². The van der Waals surface area contributed by atoms with Gasteiger partial charge in [0, 0.05) is 74.0 Å². The Hall–Kier alpha value is -0.290. The van der Waals surface area contributed by atoms with Crippen molar-refractivity contribution in [1.82, 2.24) is 4.67 Å². The normalized spacial score (nSPS) is 12.5. The molecule has 0 aliphatic heterocycles. The highest BCUT2D eigenvalue weighted by molar-refractivity contribution is 8.39. The zero-order valence-corrected chi connectivity index (χ0v) is 48.3. The third-order valence-corrected chi connectivity index (χ3v) is 15.2. The lowest BCUT2D eigenvalue weighted by Crippen LogP contribution is -2.35. The SMILES string of the molecule is CC(=O)CCC(=O)C(C)C.CC(=O)CCC(=O)C(C)C.CC(C)C(=O)CCC(=O)C[S-](=P)=S.CC(C)OP(=O)(OCCC#N)O[S-](=P)=S.CCCOP(C(C)C)N(C(C)C)C(C)C. The van der Waals surface area contributed by atoms with Crippen LogP contribution in [-0.2, 0) is 90.8 Å². The topological polar surface area (TPSA) is 183 Å². The van der Waals surface area contributed by atoms with Gasteiger partial charge in [-0.2, -0.15) is 5.26 Å². The molecule has 0 N–H and O–H groups in total. The number of carbonyl (C=O) groups is 6. The Morgan fingerprint density at radius 3 is 1.37 bits per heavy atom. The summed E-state index contributed by atoms with van der Waals surface area (Å²) in [5.41, 5.74) is 0.608. The van der Waals surface area contributed by atoms with E-state index in [1.54, 1.807) is 13.8 Å². The molecule has 0 aromatic carbocycles. The van der Waals surface area contributed by atoms with E-state index >= 15 is 0 Å². The van der Waals surface area contributed by atoms with Crippen LogP contribution in [0.15, 0.2) is 0 Å². The number of hydrogen-bond donors (Lipinski definition) is 0. The lowest BCUT2D eigenvalue weighted by atomic mass is 10.0. The molecule has 0 spiro atoms. The van der Waals surface area contributed by atoms with E-state index in [1.807, 2.05) is 47.6 Å². The Morgan fingerprint density at radius 1 is 0.698 bits per heavy atom. The maximum Gasteiger partial charge on any atom is 0.456 e. The van der Waals surface area contributed by atoms with Gasteiger partial charge in [-0.05, 0) is 61.8 Å².